The van der Waals surface area contributed by atoms with Gasteiger partial charge in [-0.15, -0.1) is 11.3 Å². The third kappa shape index (κ3) is 5.39. The van der Waals surface area contributed by atoms with Gasteiger partial charge in [-0.2, -0.15) is 0 Å². The Bertz CT molecular complexity index is 3510. The van der Waals surface area contributed by atoms with Gasteiger partial charge in [0.15, 0.2) is 0 Å². The molecular formula is C55H38N2S. The highest BCUT2D eigenvalue weighted by molar-refractivity contribution is 7.26. The molecule has 274 valence electrons. The normalized spacial score (nSPS) is 12.5. The molecule has 0 spiro atoms. The highest BCUT2D eigenvalue weighted by Crippen LogP contribution is 2.45. The first kappa shape index (κ1) is 34.1. The van der Waals surface area contributed by atoms with Crippen LogP contribution in [0.4, 0.5) is 0 Å². The summed E-state index contributed by atoms with van der Waals surface area (Å²) in [5.74, 6) is 0. The number of aromatic nitrogens is 2. The number of fused-ring (bicyclic) bond motifs is 7. The fourth-order valence-electron chi connectivity index (χ4n) is 8.96. The fraction of sp³-hybridized carbons (Fsp3) is 0.0182. The Morgan fingerprint density at radius 3 is 1.88 bits per heavy atom. The molecule has 0 saturated carbocycles. The molecule has 58 heavy (non-hydrogen) atoms. The van der Waals surface area contributed by atoms with Gasteiger partial charge in [0.25, 0.3) is 0 Å². The van der Waals surface area contributed by atoms with Crippen molar-refractivity contribution in [2.24, 2.45) is 0 Å². The molecule has 2 nitrogen and oxygen atoms in total. The molecule has 0 unspecified atom stereocenters. The Kier molecular flexibility index (Phi) is 8.09. The minimum atomic E-state index is 0.978. The predicted octanol–water partition coefficient (Wildman–Crippen LogP) is 13.7. The summed E-state index contributed by atoms with van der Waals surface area (Å²) in [5.41, 5.74) is 12.9. The average molecular weight is 759 g/mol. The smallest absolute Gasteiger partial charge is 0.0555 e. The molecule has 3 aromatic heterocycles. The van der Waals surface area contributed by atoms with Crippen LogP contribution in [0.5, 0.6) is 0 Å². The third-order valence-corrected chi connectivity index (χ3v) is 12.9. The maximum atomic E-state index is 4.68. The van der Waals surface area contributed by atoms with Crippen molar-refractivity contribution in [2.75, 3.05) is 0 Å². The summed E-state index contributed by atoms with van der Waals surface area (Å²) in [6.07, 6.45) is 4.48. The van der Waals surface area contributed by atoms with E-state index in [0.717, 1.165) is 22.2 Å². The molecule has 11 rings (SSSR count). The van der Waals surface area contributed by atoms with Gasteiger partial charge in [0.1, 0.15) is 0 Å². The van der Waals surface area contributed by atoms with E-state index in [0.29, 0.717) is 0 Å². The van der Waals surface area contributed by atoms with Crippen LogP contribution in [0, 0.1) is 0 Å². The quantitative estimate of drug-likeness (QED) is 0.160. The molecule has 3 heterocycles. The van der Waals surface area contributed by atoms with E-state index in [1.54, 1.807) is 0 Å². The van der Waals surface area contributed by atoms with Crippen molar-refractivity contribution in [3.05, 3.63) is 211 Å². The van der Waals surface area contributed by atoms with E-state index in [2.05, 4.69) is 223 Å². The minimum Gasteiger partial charge on any atom is -0.310 e. The zero-order chi connectivity index (χ0) is 38.7. The molecule has 0 aliphatic heterocycles. The SMILES string of the molecule is C=C(/C=c1\c(=C/C)n(-c2ccccc2)c2ccccc12)c1ccc2c(c1)c1ccccc1n2-c1ccc(-c2ccc(-c3ccccc3)cc2)c2sc3ccccc3c12. The Morgan fingerprint density at radius 1 is 0.517 bits per heavy atom. The van der Waals surface area contributed by atoms with Crippen LogP contribution in [0.2, 0.25) is 0 Å². The first-order valence-electron chi connectivity index (χ1n) is 19.8. The Hall–Kier alpha value is -7.20. The molecule has 0 atom stereocenters. The number of benzene rings is 8. The first-order valence-corrected chi connectivity index (χ1v) is 20.6. The standard InChI is InChI=1S/C55H38N2S/c1-3-48-46(43-20-10-13-23-49(43)56(48)41-18-8-5-9-19-41)34-36(2)40-30-32-51-47(35-40)44-21-11-14-24-50(44)57(51)52-33-31-42(55-54(52)45-22-12-15-25-53(45)58-55)39-28-26-38(27-29-39)37-16-6-4-7-17-37/h3-35H,2H2,1H3/b46-34-,48-3+. The van der Waals surface area contributed by atoms with Crippen molar-refractivity contribution >= 4 is 81.9 Å². The van der Waals surface area contributed by atoms with Crippen LogP contribution in [0.1, 0.15) is 12.5 Å². The van der Waals surface area contributed by atoms with Crippen molar-refractivity contribution < 1.29 is 0 Å². The topological polar surface area (TPSA) is 9.86 Å². The molecule has 8 aromatic carbocycles. The third-order valence-electron chi connectivity index (χ3n) is 11.6. The molecule has 0 aliphatic carbocycles. The van der Waals surface area contributed by atoms with Crippen LogP contribution >= 0.6 is 11.3 Å². The van der Waals surface area contributed by atoms with Crippen molar-refractivity contribution in [1.29, 1.82) is 0 Å². The van der Waals surface area contributed by atoms with E-state index in [9.17, 15) is 0 Å². The van der Waals surface area contributed by atoms with Gasteiger partial charge in [0.05, 0.1) is 22.2 Å². The van der Waals surface area contributed by atoms with Crippen LogP contribution in [0.15, 0.2) is 195 Å². The minimum absolute atomic E-state index is 0.978. The number of allylic oxidation sites excluding steroid dienone is 1. The number of para-hydroxylation sites is 3. The molecule has 0 saturated heterocycles. The second-order valence-corrected chi connectivity index (χ2v) is 16.0. The van der Waals surface area contributed by atoms with E-state index < -0.39 is 0 Å². The number of rotatable bonds is 6. The maximum Gasteiger partial charge on any atom is 0.0555 e. The van der Waals surface area contributed by atoms with Crippen molar-refractivity contribution in [2.45, 2.75) is 6.92 Å². The highest BCUT2D eigenvalue weighted by Gasteiger charge is 2.20. The van der Waals surface area contributed by atoms with E-state index in [-0.39, 0.29) is 0 Å². The van der Waals surface area contributed by atoms with Crippen molar-refractivity contribution in [3.8, 4) is 33.6 Å². The summed E-state index contributed by atoms with van der Waals surface area (Å²) in [6.45, 7) is 6.80. The summed E-state index contributed by atoms with van der Waals surface area (Å²) >= 11 is 1.88. The number of hydrogen-bond acceptors (Lipinski definition) is 1. The number of hydrogen-bond donors (Lipinski definition) is 0. The molecule has 0 amide bonds. The second kappa shape index (κ2) is 13.8. The van der Waals surface area contributed by atoms with Crippen LogP contribution < -0.4 is 10.6 Å². The Labute approximate surface area is 340 Å². The molecule has 0 aliphatic rings. The molecule has 0 N–H and O–H groups in total. The van der Waals surface area contributed by atoms with Crippen LogP contribution in [0.3, 0.4) is 0 Å². The molecule has 0 radical (unpaired) electrons. The van der Waals surface area contributed by atoms with Gasteiger partial charge < -0.3 is 9.13 Å². The molecule has 11 aromatic rings. The lowest BCUT2D eigenvalue weighted by Crippen LogP contribution is -2.28. The summed E-state index contributed by atoms with van der Waals surface area (Å²) in [7, 11) is 0. The molecular weight excluding hydrogens is 721 g/mol. The van der Waals surface area contributed by atoms with Gasteiger partial charge in [-0.1, -0.05) is 152 Å². The molecule has 0 bridgehead atoms. The largest absolute Gasteiger partial charge is 0.310 e. The lowest BCUT2D eigenvalue weighted by Gasteiger charge is -2.13. The monoisotopic (exact) mass is 758 g/mol. The lowest BCUT2D eigenvalue weighted by atomic mass is 9.98. The Morgan fingerprint density at radius 2 is 1.12 bits per heavy atom. The summed E-state index contributed by atoms with van der Waals surface area (Å²) in [4.78, 5) is 0. The predicted molar refractivity (Wildman–Crippen MR) is 251 cm³/mol. The maximum absolute atomic E-state index is 4.68. The zero-order valence-electron chi connectivity index (χ0n) is 32.1. The van der Waals surface area contributed by atoms with E-state index in [1.807, 2.05) is 11.3 Å². The van der Waals surface area contributed by atoms with Gasteiger partial charge in [0, 0.05) is 52.6 Å². The zero-order valence-corrected chi connectivity index (χ0v) is 32.9. The van der Waals surface area contributed by atoms with E-state index in [1.165, 1.54) is 86.0 Å². The summed E-state index contributed by atoms with van der Waals surface area (Å²) in [5, 5.41) is 8.55. The number of thiophene rings is 1. The highest BCUT2D eigenvalue weighted by atomic mass is 32.1. The van der Waals surface area contributed by atoms with E-state index >= 15 is 0 Å². The second-order valence-electron chi connectivity index (χ2n) is 14.9. The van der Waals surface area contributed by atoms with Crippen LogP contribution in [-0.4, -0.2) is 9.13 Å². The van der Waals surface area contributed by atoms with Gasteiger partial charge >= 0.3 is 0 Å². The summed E-state index contributed by atoms with van der Waals surface area (Å²) in [6, 6.07) is 68.1. The lowest BCUT2D eigenvalue weighted by molar-refractivity contribution is 1.07. The van der Waals surface area contributed by atoms with Crippen LogP contribution in [0.25, 0.3) is 104 Å². The van der Waals surface area contributed by atoms with Crippen LogP contribution in [-0.2, 0) is 0 Å². The Balaban J connectivity index is 1.08. The van der Waals surface area contributed by atoms with Gasteiger partial charge in [0.2, 0.25) is 0 Å². The first-order chi connectivity index (χ1) is 28.7. The molecule has 0 fully saturated rings. The number of nitrogens with zero attached hydrogens (tertiary/aromatic N) is 2. The van der Waals surface area contributed by atoms with Crippen molar-refractivity contribution in [3.63, 3.8) is 0 Å². The summed E-state index contributed by atoms with van der Waals surface area (Å²) < 4.78 is 7.42. The average Bonchev–Trinajstić information content (AvgIpc) is 3.94. The van der Waals surface area contributed by atoms with Gasteiger partial charge in [-0.3, -0.25) is 0 Å². The van der Waals surface area contributed by atoms with Gasteiger partial charge in [-0.05, 0) is 94.9 Å². The molecule has 3 heteroatoms. The fourth-order valence-corrected chi connectivity index (χ4v) is 10.2. The van der Waals surface area contributed by atoms with Gasteiger partial charge in [-0.25, -0.2) is 0 Å². The van der Waals surface area contributed by atoms with Crippen molar-refractivity contribution in [1.82, 2.24) is 9.13 Å². The van der Waals surface area contributed by atoms with E-state index in [4.69, 9.17) is 0 Å².